The second-order valence-corrected chi connectivity index (χ2v) is 20.2. The zero-order valence-corrected chi connectivity index (χ0v) is 44.8. The molecule has 6 aromatic rings. The molecule has 8 N–H and O–H groups in total. The van der Waals surface area contributed by atoms with Crippen molar-refractivity contribution in [3.8, 4) is 0 Å². The number of aryl methyl sites for hydroxylation is 6. The van der Waals surface area contributed by atoms with E-state index in [0.29, 0.717) is 113 Å². The Morgan fingerprint density at radius 3 is 1.29 bits per heavy atom. The van der Waals surface area contributed by atoms with Gasteiger partial charge in [-0.3, -0.25) is 38.4 Å². The summed E-state index contributed by atoms with van der Waals surface area (Å²) in [7, 11) is 11.2. The molecular weight excluding hydrogens is 1000 g/mol. The average Bonchev–Trinajstić information content (AvgIpc) is 4.23. The Morgan fingerprint density at radius 1 is 0.520 bits per heavy atom. The highest BCUT2D eigenvalue weighted by Gasteiger charge is 2.24. The quantitative estimate of drug-likeness (QED) is 0.0241. The molecule has 0 fully saturated rings. The lowest BCUT2D eigenvalue weighted by Crippen LogP contribution is -2.28. The van der Waals surface area contributed by atoms with E-state index in [-0.39, 0.29) is 34.3 Å². The molecule has 0 aromatic carbocycles. The molecule has 24 nitrogen and oxygen atoms in total. The number of carbonyl (C=O) groups excluding carboxylic acids is 8. The molecule has 26 heteroatoms. The molecule has 0 aliphatic rings. The van der Waals surface area contributed by atoms with Crippen molar-refractivity contribution in [1.82, 2.24) is 48.7 Å². The lowest BCUT2D eigenvalue weighted by molar-refractivity contribution is -0.106. The minimum Gasteiger partial charge on any atom is -0.351 e. The fraction of sp³-hybridized carbons (Fsp3) is 0.388. The van der Waals surface area contributed by atoms with Crippen LogP contribution in [0, 0.1) is 13.8 Å². The number of rotatable bonds is 28. The molecule has 0 radical (unpaired) electrons. The Balaban J connectivity index is 1.18. The summed E-state index contributed by atoms with van der Waals surface area (Å²) in [6, 6.07) is 6.12. The predicted octanol–water partition coefficient (Wildman–Crippen LogP) is 4.88. The summed E-state index contributed by atoms with van der Waals surface area (Å²) in [5.74, 6) is -2.63. The maximum absolute atomic E-state index is 14.0. The SMILES string of the molecule is Cc1nc(NC=O)sc1NC(=O)c1cc(C(=O)Nc2cc(C(=O)NCCCN(C)C)n(C)c2)n(CCCCCn2cc(C(=O)Nc3sc(NC=O)nc3C)cc2C(=O)Nc2cc(C(=O)NCCCN(C)C)n(C)c2)c1. The van der Waals surface area contributed by atoms with Crippen LogP contribution in [0.1, 0.15) is 106 Å². The summed E-state index contributed by atoms with van der Waals surface area (Å²) in [4.78, 5) is 116. The van der Waals surface area contributed by atoms with Crippen molar-refractivity contribution in [3.63, 3.8) is 0 Å². The van der Waals surface area contributed by atoms with Crippen LogP contribution >= 0.6 is 22.7 Å². The molecule has 0 aliphatic carbocycles. The summed E-state index contributed by atoms with van der Waals surface area (Å²) in [6.07, 6.45) is 10.6. The number of unbranched alkanes of at least 4 members (excludes halogenated alkanes) is 2. The first kappa shape index (κ1) is 56.4. The highest BCUT2D eigenvalue weighted by Crippen LogP contribution is 2.30. The van der Waals surface area contributed by atoms with Crippen LogP contribution in [0.25, 0.3) is 0 Å². The number of hydrogen-bond acceptors (Lipinski definition) is 14. The van der Waals surface area contributed by atoms with Crippen LogP contribution in [0.4, 0.5) is 31.6 Å². The van der Waals surface area contributed by atoms with Crippen molar-refractivity contribution in [3.05, 3.63) is 94.3 Å². The number of aromatic nitrogens is 6. The predicted molar refractivity (Wildman–Crippen MR) is 289 cm³/mol. The molecule has 6 rings (SSSR count). The third-order valence-corrected chi connectivity index (χ3v) is 13.6. The van der Waals surface area contributed by atoms with Gasteiger partial charge in [-0.05, 0) is 111 Å². The largest absolute Gasteiger partial charge is 0.351 e. The van der Waals surface area contributed by atoms with E-state index in [1.165, 1.54) is 12.1 Å². The van der Waals surface area contributed by atoms with E-state index in [0.717, 1.165) is 48.6 Å². The number of nitrogens with one attached hydrogen (secondary N) is 8. The molecule has 0 bridgehead atoms. The molecule has 0 atom stereocenters. The van der Waals surface area contributed by atoms with E-state index in [9.17, 15) is 38.4 Å². The number of hydrogen-bond donors (Lipinski definition) is 8. The second kappa shape index (κ2) is 26.3. The van der Waals surface area contributed by atoms with Crippen LogP contribution in [0.5, 0.6) is 0 Å². The van der Waals surface area contributed by atoms with Gasteiger partial charge < -0.3 is 70.6 Å². The molecule has 6 heterocycles. The highest BCUT2D eigenvalue weighted by molar-refractivity contribution is 7.20. The molecule has 0 saturated heterocycles. The van der Waals surface area contributed by atoms with E-state index in [1.807, 2.05) is 38.0 Å². The minimum atomic E-state index is -0.520. The first-order chi connectivity index (χ1) is 35.8. The number of thiazole rings is 2. The maximum atomic E-state index is 14.0. The number of carbonyl (C=O) groups is 8. The maximum Gasteiger partial charge on any atom is 0.272 e. The summed E-state index contributed by atoms with van der Waals surface area (Å²) in [5.41, 5.74) is 3.17. The molecule has 400 valence electrons. The molecule has 8 amide bonds. The Labute approximate surface area is 441 Å². The van der Waals surface area contributed by atoms with Crippen LogP contribution in [0.15, 0.2) is 49.1 Å². The van der Waals surface area contributed by atoms with Gasteiger partial charge in [0.2, 0.25) is 12.8 Å². The van der Waals surface area contributed by atoms with Crippen LogP contribution in [0.2, 0.25) is 0 Å². The summed E-state index contributed by atoms with van der Waals surface area (Å²) < 4.78 is 6.60. The van der Waals surface area contributed by atoms with Gasteiger partial charge in [0.05, 0.1) is 33.9 Å². The molecule has 0 saturated carbocycles. The van der Waals surface area contributed by atoms with Crippen molar-refractivity contribution in [1.29, 1.82) is 0 Å². The lowest BCUT2D eigenvalue weighted by Gasteiger charge is -2.11. The fourth-order valence-electron chi connectivity index (χ4n) is 7.84. The third kappa shape index (κ3) is 15.5. The summed E-state index contributed by atoms with van der Waals surface area (Å²) >= 11 is 2.16. The Bertz CT molecular complexity index is 2830. The molecule has 0 aliphatic heterocycles. The van der Waals surface area contributed by atoms with Crippen molar-refractivity contribution >= 4 is 103 Å². The molecular formula is C49H64N16O8S2. The first-order valence-electron chi connectivity index (χ1n) is 24.0. The van der Waals surface area contributed by atoms with Gasteiger partial charge in [0, 0.05) is 65.1 Å². The van der Waals surface area contributed by atoms with Gasteiger partial charge in [0.15, 0.2) is 10.3 Å². The van der Waals surface area contributed by atoms with Gasteiger partial charge in [0.25, 0.3) is 35.4 Å². The van der Waals surface area contributed by atoms with Gasteiger partial charge in [-0.25, -0.2) is 9.97 Å². The van der Waals surface area contributed by atoms with Crippen molar-refractivity contribution in [2.24, 2.45) is 14.1 Å². The third-order valence-electron chi connectivity index (χ3n) is 11.6. The summed E-state index contributed by atoms with van der Waals surface area (Å²) in [6.45, 7) is 6.56. The van der Waals surface area contributed by atoms with Crippen LogP contribution in [0.3, 0.4) is 0 Å². The van der Waals surface area contributed by atoms with Crippen molar-refractivity contribution in [2.75, 3.05) is 86.3 Å². The van der Waals surface area contributed by atoms with Crippen LogP contribution in [-0.2, 0) is 36.8 Å². The smallest absolute Gasteiger partial charge is 0.272 e. The number of anilines is 6. The number of nitrogens with zero attached hydrogens (tertiary/aromatic N) is 8. The molecule has 0 spiro atoms. The zero-order chi connectivity index (χ0) is 54.3. The van der Waals surface area contributed by atoms with Crippen LogP contribution < -0.4 is 42.5 Å². The first-order valence-corrected chi connectivity index (χ1v) is 25.7. The van der Waals surface area contributed by atoms with E-state index in [1.54, 1.807) is 83.1 Å². The normalized spacial score (nSPS) is 11.1. The Kier molecular flexibility index (Phi) is 19.8. The van der Waals surface area contributed by atoms with Crippen molar-refractivity contribution in [2.45, 2.75) is 59.0 Å². The van der Waals surface area contributed by atoms with Gasteiger partial charge in [0.1, 0.15) is 32.8 Å². The zero-order valence-electron chi connectivity index (χ0n) is 43.2. The Hall–Kier alpha value is -7.94. The number of amides is 8. The van der Waals surface area contributed by atoms with Gasteiger partial charge >= 0.3 is 0 Å². The topological polar surface area (TPSA) is 285 Å². The lowest BCUT2D eigenvalue weighted by atomic mass is 10.2. The van der Waals surface area contributed by atoms with E-state index in [2.05, 4.69) is 52.5 Å². The fourth-order valence-corrected chi connectivity index (χ4v) is 9.48. The average molecular weight is 1070 g/mol. The van der Waals surface area contributed by atoms with Crippen molar-refractivity contribution < 1.29 is 38.4 Å². The van der Waals surface area contributed by atoms with Gasteiger partial charge in [-0.2, -0.15) is 0 Å². The molecule has 6 aromatic heterocycles. The molecule has 75 heavy (non-hydrogen) atoms. The second-order valence-electron chi connectivity index (χ2n) is 18.2. The van der Waals surface area contributed by atoms with Crippen LogP contribution in [-0.4, -0.2) is 141 Å². The monoisotopic (exact) mass is 1070 g/mol. The highest BCUT2D eigenvalue weighted by atomic mass is 32.1. The van der Waals surface area contributed by atoms with E-state index in [4.69, 9.17) is 0 Å². The van der Waals surface area contributed by atoms with E-state index < -0.39 is 23.6 Å². The minimum absolute atomic E-state index is 0.180. The van der Waals surface area contributed by atoms with Gasteiger partial charge in [-0.1, -0.05) is 22.7 Å². The molecule has 0 unspecified atom stereocenters. The van der Waals surface area contributed by atoms with E-state index >= 15 is 0 Å². The standard InChI is InChI=1S/C49H64N16O8S2/c1-30-46(74-48(54-30)52-28-66)58-40(68)32-20-38(44(72)56-34-22-36(62(7)26-34)42(70)50-14-12-16-60(3)4)64(24-32)18-10-9-11-19-65-25-33(41(69)59-47-31(2)55-49(75-47)53-29-67)21-39(65)45(73)57-35-23-37(63(8)27-35)43(71)51-15-13-17-61(5)6/h20-29H,9-19H2,1-8H3,(H,50,70)(H,51,71)(H,56,72)(H,57,73)(H,58,68)(H,59,69)(H,52,54,66)(H,53,55,67). The summed E-state index contributed by atoms with van der Waals surface area (Å²) in [5, 5.41) is 23.6. The van der Waals surface area contributed by atoms with Gasteiger partial charge in [-0.15, -0.1) is 0 Å². The Morgan fingerprint density at radius 2 is 0.920 bits per heavy atom.